The van der Waals surface area contributed by atoms with Crippen molar-refractivity contribution in [3.05, 3.63) is 47.8 Å². The predicted octanol–water partition coefficient (Wildman–Crippen LogP) is 3.04. The summed E-state index contributed by atoms with van der Waals surface area (Å²) in [7, 11) is 0. The Kier molecular flexibility index (Phi) is 2.67. The molecule has 4 rings (SSSR count). The lowest BCUT2D eigenvalue weighted by atomic mass is 10.2. The van der Waals surface area contributed by atoms with Crippen molar-refractivity contribution in [1.82, 2.24) is 9.97 Å². The number of ether oxygens (including phenoxy) is 2. The normalized spacial score (nSPS) is 12.8. The summed E-state index contributed by atoms with van der Waals surface area (Å²) in [6.07, 6.45) is 0. The molecule has 21 heavy (non-hydrogen) atoms. The molecule has 2 N–H and O–H groups in total. The summed E-state index contributed by atoms with van der Waals surface area (Å²) in [6, 6.07) is 10.1. The van der Waals surface area contributed by atoms with Crippen molar-refractivity contribution in [2.45, 2.75) is 6.54 Å². The van der Waals surface area contributed by atoms with E-state index in [0.717, 1.165) is 22.3 Å². The maximum absolute atomic E-state index is 12.8. The van der Waals surface area contributed by atoms with E-state index in [1.165, 1.54) is 12.1 Å². The van der Waals surface area contributed by atoms with Crippen molar-refractivity contribution in [2.24, 2.45) is 0 Å². The highest BCUT2D eigenvalue weighted by molar-refractivity contribution is 5.81. The Morgan fingerprint density at radius 2 is 1.90 bits per heavy atom. The van der Waals surface area contributed by atoms with Crippen LogP contribution in [0.3, 0.4) is 0 Å². The maximum atomic E-state index is 12.8. The predicted molar refractivity (Wildman–Crippen MR) is 75.9 cm³/mol. The first-order valence-electron chi connectivity index (χ1n) is 6.55. The minimum absolute atomic E-state index is 0.239. The Bertz CT molecular complexity index is 758. The molecule has 0 aliphatic carbocycles. The lowest BCUT2D eigenvalue weighted by Gasteiger charge is -2.02. The highest BCUT2D eigenvalue weighted by Gasteiger charge is 2.16. The van der Waals surface area contributed by atoms with E-state index in [9.17, 15) is 4.39 Å². The molecule has 1 aliphatic rings. The SMILES string of the molecule is Fc1ccc(CNc2nc3cc4c(cc3[nH]2)OCO4)cc1. The monoisotopic (exact) mass is 285 g/mol. The summed E-state index contributed by atoms with van der Waals surface area (Å²) in [4.78, 5) is 7.62. The second-order valence-electron chi connectivity index (χ2n) is 4.79. The van der Waals surface area contributed by atoms with E-state index in [-0.39, 0.29) is 12.6 Å². The van der Waals surface area contributed by atoms with Crippen LogP contribution in [-0.4, -0.2) is 16.8 Å². The van der Waals surface area contributed by atoms with Gasteiger partial charge < -0.3 is 19.8 Å². The first-order chi connectivity index (χ1) is 10.3. The van der Waals surface area contributed by atoms with E-state index in [1.807, 2.05) is 12.1 Å². The molecule has 1 aliphatic heterocycles. The van der Waals surface area contributed by atoms with Gasteiger partial charge in [-0.2, -0.15) is 0 Å². The topological polar surface area (TPSA) is 59.2 Å². The summed E-state index contributed by atoms with van der Waals surface area (Å²) in [5.41, 5.74) is 2.66. The van der Waals surface area contributed by atoms with Crippen LogP contribution in [0, 0.1) is 5.82 Å². The third-order valence-corrected chi connectivity index (χ3v) is 3.35. The van der Waals surface area contributed by atoms with Gasteiger partial charge in [-0.05, 0) is 17.7 Å². The number of hydrogen-bond acceptors (Lipinski definition) is 4. The lowest BCUT2D eigenvalue weighted by molar-refractivity contribution is 0.174. The average molecular weight is 285 g/mol. The van der Waals surface area contributed by atoms with Crippen LogP contribution in [0.4, 0.5) is 10.3 Å². The van der Waals surface area contributed by atoms with Gasteiger partial charge in [-0.15, -0.1) is 0 Å². The number of imidazole rings is 1. The molecule has 1 aromatic heterocycles. The number of H-pyrrole nitrogens is 1. The fourth-order valence-corrected chi connectivity index (χ4v) is 2.27. The van der Waals surface area contributed by atoms with Gasteiger partial charge in [-0.3, -0.25) is 0 Å². The first kappa shape index (κ1) is 12.0. The molecule has 3 aromatic rings. The van der Waals surface area contributed by atoms with E-state index < -0.39 is 0 Å². The van der Waals surface area contributed by atoms with Gasteiger partial charge in [0.2, 0.25) is 12.7 Å². The van der Waals surface area contributed by atoms with E-state index in [4.69, 9.17) is 9.47 Å². The van der Waals surface area contributed by atoms with Gasteiger partial charge in [-0.1, -0.05) is 12.1 Å². The number of aromatic amines is 1. The minimum atomic E-state index is -0.239. The van der Waals surface area contributed by atoms with E-state index in [1.54, 1.807) is 12.1 Å². The summed E-state index contributed by atoms with van der Waals surface area (Å²) in [5.74, 6) is 1.84. The number of halogens is 1. The van der Waals surface area contributed by atoms with E-state index in [0.29, 0.717) is 18.2 Å². The third-order valence-electron chi connectivity index (χ3n) is 3.35. The standard InChI is InChI=1S/C15H12FN3O2/c16-10-3-1-9(2-4-10)7-17-15-18-11-5-13-14(21-8-20-13)6-12(11)19-15/h1-6H,7-8H2,(H2,17,18,19). The van der Waals surface area contributed by atoms with Gasteiger partial charge in [0.25, 0.3) is 0 Å². The Labute approximate surface area is 119 Å². The zero-order valence-corrected chi connectivity index (χ0v) is 11.0. The smallest absolute Gasteiger partial charge is 0.231 e. The number of rotatable bonds is 3. The summed E-state index contributed by atoms with van der Waals surface area (Å²) in [6.45, 7) is 0.810. The van der Waals surface area contributed by atoms with Gasteiger partial charge in [0.05, 0.1) is 11.0 Å². The molecule has 0 atom stereocenters. The van der Waals surface area contributed by atoms with Crippen LogP contribution in [0.5, 0.6) is 11.5 Å². The minimum Gasteiger partial charge on any atom is -0.454 e. The van der Waals surface area contributed by atoms with Gasteiger partial charge in [0.1, 0.15) is 5.82 Å². The van der Waals surface area contributed by atoms with Crippen LogP contribution in [0.25, 0.3) is 11.0 Å². The largest absolute Gasteiger partial charge is 0.454 e. The average Bonchev–Trinajstić information content (AvgIpc) is 3.09. The van der Waals surface area contributed by atoms with Crippen LogP contribution < -0.4 is 14.8 Å². The molecule has 0 fully saturated rings. The molecule has 0 saturated heterocycles. The van der Waals surface area contributed by atoms with Crippen molar-refractivity contribution in [3.63, 3.8) is 0 Å². The number of benzene rings is 2. The zero-order valence-electron chi connectivity index (χ0n) is 11.0. The highest BCUT2D eigenvalue weighted by atomic mass is 19.1. The maximum Gasteiger partial charge on any atom is 0.231 e. The number of nitrogens with zero attached hydrogens (tertiary/aromatic N) is 1. The van der Waals surface area contributed by atoms with Crippen molar-refractivity contribution >= 4 is 17.0 Å². The number of anilines is 1. The van der Waals surface area contributed by atoms with E-state index in [2.05, 4.69) is 15.3 Å². The molecule has 106 valence electrons. The Hall–Kier alpha value is -2.76. The molecule has 0 radical (unpaired) electrons. The van der Waals surface area contributed by atoms with Crippen LogP contribution in [0.15, 0.2) is 36.4 Å². The molecule has 0 bridgehead atoms. The van der Waals surface area contributed by atoms with Gasteiger partial charge >= 0.3 is 0 Å². The first-order valence-corrected chi connectivity index (χ1v) is 6.55. The Balaban J connectivity index is 1.55. The number of nitrogens with one attached hydrogen (secondary N) is 2. The van der Waals surface area contributed by atoms with Crippen molar-refractivity contribution < 1.29 is 13.9 Å². The molecule has 0 spiro atoms. The number of hydrogen-bond donors (Lipinski definition) is 2. The highest BCUT2D eigenvalue weighted by Crippen LogP contribution is 2.35. The van der Waals surface area contributed by atoms with Crippen LogP contribution >= 0.6 is 0 Å². The van der Waals surface area contributed by atoms with Crippen LogP contribution in [-0.2, 0) is 6.54 Å². The number of fused-ring (bicyclic) bond motifs is 2. The second-order valence-corrected chi connectivity index (χ2v) is 4.79. The Morgan fingerprint density at radius 1 is 1.14 bits per heavy atom. The lowest BCUT2D eigenvalue weighted by Crippen LogP contribution is -2.00. The molecule has 2 aromatic carbocycles. The van der Waals surface area contributed by atoms with Gasteiger partial charge in [0.15, 0.2) is 11.5 Å². The van der Waals surface area contributed by atoms with E-state index >= 15 is 0 Å². The second kappa shape index (κ2) is 4.66. The quantitative estimate of drug-likeness (QED) is 0.776. The van der Waals surface area contributed by atoms with Crippen molar-refractivity contribution in [1.29, 1.82) is 0 Å². The zero-order chi connectivity index (χ0) is 14.2. The fourth-order valence-electron chi connectivity index (χ4n) is 2.27. The molecule has 2 heterocycles. The molecular weight excluding hydrogens is 273 g/mol. The van der Waals surface area contributed by atoms with Crippen molar-refractivity contribution in [3.8, 4) is 11.5 Å². The summed E-state index contributed by atoms with van der Waals surface area (Å²) >= 11 is 0. The van der Waals surface area contributed by atoms with Crippen molar-refractivity contribution in [2.75, 3.05) is 12.1 Å². The fraction of sp³-hybridized carbons (Fsp3) is 0.133. The molecule has 0 saturated carbocycles. The van der Waals surface area contributed by atoms with Crippen LogP contribution in [0.1, 0.15) is 5.56 Å². The Morgan fingerprint density at radius 3 is 2.71 bits per heavy atom. The molecule has 6 heteroatoms. The third kappa shape index (κ3) is 2.24. The summed E-state index contributed by atoms with van der Waals surface area (Å²) < 4.78 is 23.5. The number of aromatic nitrogens is 2. The molecular formula is C15H12FN3O2. The molecule has 0 amide bonds. The molecule has 5 nitrogen and oxygen atoms in total. The summed E-state index contributed by atoms with van der Waals surface area (Å²) in [5, 5.41) is 3.17. The van der Waals surface area contributed by atoms with Gasteiger partial charge in [-0.25, -0.2) is 9.37 Å². The van der Waals surface area contributed by atoms with Gasteiger partial charge in [0, 0.05) is 18.7 Å². The molecule has 0 unspecified atom stereocenters. The van der Waals surface area contributed by atoms with Crippen LogP contribution in [0.2, 0.25) is 0 Å².